The van der Waals surface area contributed by atoms with Gasteiger partial charge in [-0.15, -0.1) is 0 Å². The standard InChI is InChI=1S/C24H32N2O3/c1-4-25(20-13-10-11-18(2)15-20)23(27)17-26-21-14-9-7-5-6-8-12-19(21)16-22(26)24(28)29-3/h10-11,13,15-16H,4-9,12,14,17H2,1-3H3. The third-order valence-corrected chi connectivity index (χ3v) is 5.78. The van der Waals surface area contributed by atoms with Crippen molar-refractivity contribution < 1.29 is 14.3 Å². The number of methoxy groups -OCH3 is 1. The van der Waals surface area contributed by atoms with Crippen molar-refractivity contribution in [2.75, 3.05) is 18.6 Å². The van der Waals surface area contributed by atoms with Crippen LogP contribution in [0.15, 0.2) is 30.3 Å². The van der Waals surface area contributed by atoms with E-state index in [1.54, 1.807) is 4.90 Å². The number of esters is 1. The number of carbonyl (C=O) groups excluding carboxylic acids is 2. The molecule has 0 radical (unpaired) electrons. The third kappa shape index (κ3) is 4.89. The molecule has 1 amide bonds. The molecule has 2 aromatic rings. The number of hydrogen-bond acceptors (Lipinski definition) is 3. The molecule has 156 valence electrons. The van der Waals surface area contributed by atoms with Gasteiger partial charge in [0.05, 0.1) is 7.11 Å². The van der Waals surface area contributed by atoms with E-state index >= 15 is 0 Å². The van der Waals surface area contributed by atoms with Crippen LogP contribution in [0.2, 0.25) is 0 Å². The van der Waals surface area contributed by atoms with Gasteiger partial charge in [-0.25, -0.2) is 4.79 Å². The second-order valence-electron chi connectivity index (χ2n) is 7.82. The summed E-state index contributed by atoms with van der Waals surface area (Å²) in [5.74, 6) is -0.387. The number of amides is 1. The van der Waals surface area contributed by atoms with Crippen LogP contribution < -0.4 is 4.90 Å². The van der Waals surface area contributed by atoms with Gasteiger partial charge in [0, 0.05) is 17.9 Å². The zero-order valence-electron chi connectivity index (χ0n) is 17.9. The first-order chi connectivity index (χ1) is 14.0. The van der Waals surface area contributed by atoms with Crippen molar-refractivity contribution in [2.24, 2.45) is 0 Å². The molecule has 3 rings (SSSR count). The number of nitrogens with zero attached hydrogens (tertiary/aromatic N) is 2. The van der Waals surface area contributed by atoms with Gasteiger partial charge in [-0.1, -0.05) is 31.4 Å². The highest BCUT2D eigenvalue weighted by atomic mass is 16.5. The Morgan fingerprint density at radius 2 is 1.79 bits per heavy atom. The molecule has 0 unspecified atom stereocenters. The van der Waals surface area contributed by atoms with E-state index in [2.05, 4.69) is 0 Å². The normalized spacial score (nSPS) is 14.3. The summed E-state index contributed by atoms with van der Waals surface area (Å²) in [6.07, 6.45) is 7.72. The van der Waals surface area contributed by atoms with E-state index in [1.165, 1.54) is 31.9 Å². The molecule has 0 saturated carbocycles. The van der Waals surface area contributed by atoms with E-state index in [4.69, 9.17) is 4.74 Å². The molecule has 1 heterocycles. The summed E-state index contributed by atoms with van der Waals surface area (Å²) in [6, 6.07) is 9.92. The lowest BCUT2D eigenvalue weighted by molar-refractivity contribution is -0.119. The lowest BCUT2D eigenvalue weighted by Crippen LogP contribution is -2.35. The number of anilines is 1. The molecule has 0 saturated heterocycles. The highest BCUT2D eigenvalue weighted by Gasteiger charge is 2.24. The van der Waals surface area contributed by atoms with Gasteiger partial charge in [0.25, 0.3) is 0 Å². The summed E-state index contributed by atoms with van der Waals surface area (Å²) in [5, 5.41) is 0. The van der Waals surface area contributed by atoms with E-state index in [0.29, 0.717) is 12.2 Å². The Hall–Kier alpha value is -2.56. The highest BCUT2D eigenvalue weighted by molar-refractivity contribution is 5.95. The molecule has 5 heteroatoms. The molecular weight excluding hydrogens is 364 g/mol. The molecule has 1 aromatic carbocycles. The molecule has 0 aliphatic heterocycles. The molecule has 5 nitrogen and oxygen atoms in total. The van der Waals surface area contributed by atoms with Gasteiger partial charge in [0.2, 0.25) is 5.91 Å². The van der Waals surface area contributed by atoms with Gasteiger partial charge in [-0.3, -0.25) is 4.79 Å². The first-order valence-corrected chi connectivity index (χ1v) is 10.7. The molecule has 1 aromatic heterocycles. The lowest BCUT2D eigenvalue weighted by Gasteiger charge is -2.23. The number of hydrogen-bond donors (Lipinski definition) is 0. The average molecular weight is 397 g/mol. The molecule has 0 atom stereocenters. The van der Waals surface area contributed by atoms with Crippen LogP contribution >= 0.6 is 0 Å². The summed E-state index contributed by atoms with van der Waals surface area (Å²) in [4.78, 5) is 27.5. The second kappa shape index (κ2) is 9.77. The SMILES string of the molecule is CCN(C(=O)Cn1c(C(=O)OC)cc2c1CCCCCCC2)c1cccc(C)c1. The maximum absolute atomic E-state index is 13.3. The van der Waals surface area contributed by atoms with E-state index in [-0.39, 0.29) is 18.4 Å². The fraction of sp³-hybridized carbons (Fsp3) is 0.500. The van der Waals surface area contributed by atoms with Crippen LogP contribution in [-0.4, -0.2) is 30.1 Å². The fourth-order valence-electron chi connectivity index (χ4n) is 4.27. The molecule has 0 N–H and O–H groups in total. The number of aryl methyl sites for hydroxylation is 2. The number of likely N-dealkylation sites (N-methyl/N-ethyl adjacent to an activating group) is 1. The summed E-state index contributed by atoms with van der Waals surface area (Å²) < 4.78 is 6.94. The van der Waals surface area contributed by atoms with Gasteiger partial charge in [0.15, 0.2) is 0 Å². The highest BCUT2D eigenvalue weighted by Crippen LogP contribution is 2.25. The fourth-order valence-corrected chi connectivity index (χ4v) is 4.27. The Labute approximate surface area is 173 Å². The zero-order chi connectivity index (χ0) is 20.8. The smallest absolute Gasteiger partial charge is 0.354 e. The van der Waals surface area contributed by atoms with Gasteiger partial charge >= 0.3 is 5.97 Å². The Bertz CT molecular complexity index is 869. The van der Waals surface area contributed by atoms with E-state index in [1.807, 2.05) is 48.7 Å². The molecular formula is C24H32N2O3. The number of rotatable bonds is 5. The maximum Gasteiger partial charge on any atom is 0.354 e. The van der Waals surface area contributed by atoms with Crippen molar-refractivity contribution in [2.45, 2.75) is 65.3 Å². The van der Waals surface area contributed by atoms with Crippen molar-refractivity contribution in [1.82, 2.24) is 4.57 Å². The second-order valence-corrected chi connectivity index (χ2v) is 7.82. The van der Waals surface area contributed by atoms with Crippen LogP contribution in [0.1, 0.15) is 66.3 Å². The Morgan fingerprint density at radius 3 is 2.48 bits per heavy atom. The summed E-state index contributed by atoms with van der Waals surface area (Å²) in [5.41, 5.74) is 4.82. The average Bonchev–Trinajstić information content (AvgIpc) is 3.09. The largest absolute Gasteiger partial charge is 0.464 e. The Balaban J connectivity index is 1.95. The molecule has 0 spiro atoms. The van der Waals surface area contributed by atoms with Gasteiger partial charge in [-0.2, -0.15) is 0 Å². The zero-order valence-corrected chi connectivity index (χ0v) is 17.9. The van der Waals surface area contributed by atoms with Crippen LogP contribution in [0, 0.1) is 6.92 Å². The van der Waals surface area contributed by atoms with Crippen molar-refractivity contribution in [3.63, 3.8) is 0 Å². The van der Waals surface area contributed by atoms with Crippen molar-refractivity contribution in [1.29, 1.82) is 0 Å². The minimum Gasteiger partial charge on any atom is -0.464 e. The van der Waals surface area contributed by atoms with Gasteiger partial charge in [0.1, 0.15) is 12.2 Å². The topological polar surface area (TPSA) is 51.5 Å². The first kappa shape index (κ1) is 21.2. The predicted octanol–water partition coefficient (Wildman–Crippen LogP) is 4.69. The van der Waals surface area contributed by atoms with Gasteiger partial charge < -0.3 is 14.2 Å². The number of fused-ring (bicyclic) bond motifs is 1. The van der Waals surface area contributed by atoms with Crippen molar-refractivity contribution >= 4 is 17.6 Å². The molecule has 0 bridgehead atoms. The van der Waals surface area contributed by atoms with Crippen LogP contribution in [-0.2, 0) is 28.9 Å². The number of ether oxygens (including phenoxy) is 1. The van der Waals surface area contributed by atoms with Crippen molar-refractivity contribution in [3.8, 4) is 0 Å². The van der Waals surface area contributed by atoms with E-state index in [9.17, 15) is 9.59 Å². The van der Waals surface area contributed by atoms with Crippen LogP contribution in [0.5, 0.6) is 0 Å². The Kier molecular flexibility index (Phi) is 7.13. The van der Waals surface area contributed by atoms with E-state index in [0.717, 1.165) is 42.6 Å². The third-order valence-electron chi connectivity index (χ3n) is 5.78. The number of carbonyl (C=O) groups is 2. The number of aromatic nitrogens is 1. The molecule has 29 heavy (non-hydrogen) atoms. The van der Waals surface area contributed by atoms with Crippen LogP contribution in [0.25, 0.3) is 0 Å². The summed E-state index contributed by atoms with van der Waals surface area (Å²) in [7, 11) is 1.40. The molecule has 0 fully saturated rings. The molecule has 1 aliphatic carbocycles. The minimum atomic E-state index is -0.374. The summed E-state index contributed by atoms with van der Waals surface area (Å²) in [6.45, 7) is 4.74. The Morgan fingerprint density at radius 1 is 1.07 bits per heavy atom. The van der Waals surface area contributed by atoms with Crippen LogP contribution in [0.3, 0.4) is 0 Å². The van der Waals surface area contributed by atoms with Crippen molar-refractivity contribution in [3.05, 3.63) is 52.8 Å². The van der Waals surface area contributed by atoms with E-state index < -0.39 is 0 Å². The first-order valence-electron chi connectivity index (χ1n) is 10.7. The minimum absolute atomic E-state index is 0.0125. The maximum atomic E-state index is 13.3. The quantitative estimate of drug-likeness (QED) is 0.689. The lowest BCUT2D eigenvalue weighted by atomic mass is 10.1. The summed E-state index contributed by atoms with van der Waals surface area (Å²) >= 11 is 0. The molecule has 1 aliphatic rings. The predicted molar refractivity (Wildman–Crippen MR) is 115 cm³/mol. The monoisotopic (exact) mass is 396 g/mol. The number of benzene rings is 1. The van der Waals surface area contributed by atoms with Gasteiger partial charge in [-0.05, 0) is 68.9 Å². The van der Waals surface area contributed by atoms with Crippen LogP contribution in [0.4, 0.5) is 5.69 Å².